The van der Waals surface area contributed by atoms with E-state index >= 15 is 0 Å². The summed E-state index contributed by atoms with van der Waals surface area (Å²) in [5, 5.41) is 19.6. The van der Waals surface area contributed by atoms with E-state index in [0.717, 1.165) is 16.7 Å². The van der Waals surface area contributed by atoms with Crippen LogP contribution in [-0.4, -0.2) is 42.6 Å². The molecule has 0 aliphatic carbocycles. The molecule has 0 aliphatic heterocycles. The van der Waals surface area contributed by atoms with Gasteiger partial charge in [0.15, 0.2) is 28.4 Å². The van der Waals surface area contributed by atoms with E-state index in [1.165, 1.54) is 18.4 Å². The van der Waals surface area contributed by atoms with E-state index in [0.29, 0.717) is 24.4 Å². The number of aromatic nitrogens is 2. The van der Waals surface area contributed by atoms with E-state index in [-0.39, 0.29) is 29.8 Å². The monoisotopic (exact) mass is 442 g/mol. The van der Waals surface area contributed by atoms with Crippen LogP contribution in [0.15, 0.2) is 48.8 Å². The van der Waals surface area contributed by atoms with Crippen molar-refractivity contribution >= 4 is 16.9 Å². The van der Waals surface area contributed by atoms with Gasteiger partial charge in [-0.2, -0.15) is 0 Å². The number of rotatable bonds is 9. The lowest BCUT2D eigenvalue weighted by Gasteiger charge is -2.19. The van der Waals surface area contributed by atoms with Crippen LogP contribution in [0.2, 0.25) is 0 Å². The fourth-order valence-corrected chi connectivity index (χ4v) is 3.93. The first-order valence-electron chi connectivity index (χ1n) is 9.87. The Balaban J connectivity index is 1.89. The summed E-state index contributed by atoms with van der Waals surface area (Å²) < 4.78 is 18.3. The van der Waals surface area contributed by atoms with Gasteiger partial charge in [-0.15, -0.1) is 0 Å². The molecule has 0 radical (unpaired) electrons. The Morgan fingerprint density at radius 3 is 2.48 bits per heavy atom. The van der Waals surface area contributed by atoms with Crippen molar-refractivity contribution in [3.05, 3.63) is 76.9 Å². The summed E-state index contributed by atoms with van der Waals surface area (Å²) in [6.45, 7) is 4.53. The number of carbonyl (C=O) groups excluding carboxylic acids is 1. The molecule has 0 bridgehead atoms. The maximum Gasteiger partial charge on any atom is 0.228 e. The van der Waals surface area contributed by atoms with Crippen LogP contribution in [-0.2, 0) is 21.8 Å². The molecule has 8 heteroatoms. The van der Waals surface area contributed by atoms with E-state index in [1.54, 1.807) is 23.0 Å². The van der Waals surface area contributed by atoms with E-state index in [1.807, 2.05) is 32.0 Å². The molecule has 2 unspecified atom stereocenters. The van der Waals surface area contributed by atoms with Gasteiger partial charge in [0.25, 0.3) is 0 Å². The molecule has 1 heterocycles. The molecule has 3 aromatic rings. The maximum absolute atomic E-state index is 13.1. The predicted molar refractivity (Wildman–Crippen MR) is 119 cm³/mol. The molecule has 3 rings (SSSR count). The molecular formula is C23H26N2O5S. The number of nitrogens with zero attached hydrogens (tertiary/aromatic N) is 2. The first-order chi connectivity index (χ1) is 14.7. The third-order valence-corrected chi connectivity index (χ3v) is 5.50. The number of carbonyl (C=O) groups is 1. The molecule has 0 saturated heterocycles. The molecule has 164 valence electrons. The highest BCUT2D eigenvalue weighted by Crippen LogP contribution is 2.31. The summed E-state index contributed by atoms with van der Waals surface area (Å²) >= 11 is -1.39. The van der Waals surface area contributed by atoms with Gasteiger partial charge in [-0.3, -0.25) is 8.98 Å². The molecule has 0 saturated carbocycles. The van der Waals surface area contributed by atoms with Gasteiger partial charge < -0.3 is 14.8 Å². The number of phenols is 2. The van der Waals surface area contributed by atoms with Gasteiger partial charge in [-0.1, -0.05) is 23.3 Å². The van der Waals surface area contributed by atoms with Crippen LogP contribution in [0.25, 0.3) is 0 Å². The Bertz CT molecular complexity index is 1090. The van der Waals surface area contributed by atoms with Gasteiger partial charge in [0.2, 0.25) is 5.78 Å². The SMILES string of the molecule is Cc1cc(C)cc(C(=O)c2nccn2CC(CCOS(C)=O)c2ccc(O)c(O)c2)c1. The van der Waals surface area contributed by atoms with Gasteiger partial charge in [0.05, 0.1) is 6.61 Å². The quantitative estimate of drug-likeness (QED) is 0.388. The van der Waals surface area contributed by atoms with E-state index in [2.05, 4.69) is 4.98 Å². The Morgan fingerprint density at radius 1 is 1.13 bits per heavy atom. The topological polar surface area (TPSA) is 102 Å². The van der Waals surface area contributed by atoms with Crippen LogP contribution in [0, 0.1) is 13.8 Å². The molecular weight excluding hydrogens is 416 g/mol. The second kappa shape index (κ2) is 9.89. The molecule has 1 aromatic heterocycles. The fraction of sp³-hybridized carbons (Fsp3) is 0.304. The van der Waals surface area contributed by atoms with Crippen molar-refractivity contribution in [2.75, 3.05) is 12.9 Å². The standard InChI is InChI=1S/C23H26N2O5S/c1-15-10-16(2)12-19(11-15)22(28)23-24-7-8-25(23)14-18(6-9-30-31(3)29)17-4-5-20(26)21(27)13-17/h4-5,7-8,10-13,18,26-27H,6,9,14H2,1-3H3. The minimum Gasteiger partial charge on any atom is -0.504 e. The number of phenolic OH excluding ortho intramolecular Hbond substituents is 2. The van der Waals surface area contributed by atoms with E-state index in [9.17, 15) is 19.2 Å². The minimum atomic E-state index is -1.39. The van der Waals surface area contributed by atoms with Crippen molar-refractivity contribution in [3.8, 4) is 11.5 Å². The van der Waals surface area contributed by atoms with Gasteiger partial charge in [-0.25, -0.2) is 9.19 Å². The fourth-order valence-electron chi connectivity index (χ4n) is 3.60. The lowest BCUT2D eigenvalue weighted by molar-refractivity contribution is 0.102. The average molecular weight is 443 g/mol. The zero-order valence-corrected chi connectivity index (χ0v) is 18.6. The lowest BCUT2D eigenvalue weighted by Crippen LogP contribution is -2.17. The number of imidazole rings is 1. The van der Waals surface area contributed by atoms with Crippen molar-refractivity contribution in [3.63, 3.8) is 0 Å². The Kier molecular flexibility index (Phi) is 7.25. The summed E-state index contributed by atoms with van der Waals surface area (Å²) in [4.78, 5) is 17.4. The van der Waals surface area contributed by atoms with Crippen LogP contribution < -0.4 is 0 Å². The van der Waals surface area contributed by atoms with Gasteiger partial charge in [-0.05, 0) is 50.1 Å². The summed E-state index contributed by atoms with van der Waals surface area (Å²) in [5.74, 6) is -0.454. The number of ketones is 1. The maximum atomic E-state index is 13.1. The van der Waals surface area contributed by atoms with Crippen molar-refractivity contribution in [1.82, 2.24) is 9.55 Å². The molecule has 0 aliphatic rings. The largest absolute Gasteiger partial charge is 0.504 e. The zero-order valence-electron chi connectivity index (χ0n) is 17.7. The summed E-state index contributed by atoms with van der Waals surface area (Å²) in [7, 11) is 0. The van der Waals surface area contributed by atoms with Gasteiger partial charge in [0.1, 0.15) is 0 Å². The second-order valence-electron chi connectivity index (χ2n) is 7.57. The van der Waals surface area contributed by atoms with Crippen LogP contribution >= 0.6 is 0 Å². The molecule has 0 fully saturated rings. The van der Waals surface area contributed by atoms with Crippen molar-refractivity contribution < 1.29 is 23.4 Å². The molecule has 31 heavy (non-hydrogen) atoms. The van der Waals surface area contributed by atoms with E-state index in [4.69, 9.17) is 4.18 Å². The Morgan fingerprint density at radius 2 is 1.84 bits per heavy atom. The van der Waals surface area contributed by atoms with Crippen molar-refractivity contribution in [1.29, 1.82) is 0 Å². The highest BCUT2D eigenvalue weighted by atomic mass is 32.2. The summed E-state index contributed by atoms with van der Waals surface area (Å²) in [6.07, 6.45) is 5.28. The third-order valence-electron chi connectivity index (χ3n) is 5.01. The molecule has 2 N–H and O–H groups in total. The first-order valence-corrected chi connectivity index (χ1v) is 11.4. The minimum absolute atomic E-state index is 0.171. The number of aryl methyl sites for hydroxylation is 2. The number of benzene rings is 2. The normalized spacial score (nSPS) is 13.1. The van der Waals surface area contributed by atoms with Crippen LogP contribution in [0.3, 0.4) is 0 Å². The average Bonchev–Trinajstić information content (AvgIpc) is 3.16. The van der Waals surface area contributed by atoms with E-state index < -0.39 is 11.1 Å². The zero-order chi connectivity index (χ0) is 22.5. The van der Waals surface area contributed by atoms with Gasteiger partial charge in [0, 0.05) is 36.7 Å². The highest BCUT2D eigenvalue weighted by molar-refractivity contribution is 7.79. The van der Waals surface area contributed by atoms with Crippen molar-refractivity contribution in [2.45, 2.75) is 32.7 Å². The number of aromatic hydroxyl groups is 2. The molecule has 2 atom stereocenters. The number of hydrogen-bond acceptors (Lipinski definition) is 6. The second-order valence-corrected chi connectivity index (χ2v) is 8.60. The molecule has 0 spiro atoms. The van der Waals surface area contributed by atoms with Gasteiger partial charge >= 0.3 is 0 Å². The van der Waals surface area contributed by atoms with Crippen molar-refractivity contribution in [2.24, 2.45) is 0 Å². The Labute approximate surface area is 184 Å². The first kappa shape index (κ1) is 22.7. The van der Waals surface area contributed by atoms with Crippen LogP contribution in [0.1, 0.15) is 45.2 Å². The summed E-state index contributed by atoms with van der Waals surface area (Å²) in [5.41, 5.74) is 3.35. The third kappa shape index (κ3) is 5.80. The Hall–Kier alpha value is -2.97. The molecule has 2 aromatic carbocycles. The predicted octanol–water partition coefficient (Wildman–Crippen LogP) is 3.63. The highest BCUT2D eigenvalue weighted by Gasteiger charge is 2.20. The number of hydrogen-bond donors (Lipinski definition) is 2. The lowest BCUT2D eigenvalue weighted by atomic mass is 9.95. The van der Waals surface area contributed by atoms with Crippen LogP contribution in [0.5, 0.6) is 11.5 Å². The van der Waals surface area contributed by atoms with Crippen LogP contribution in [0.4, 0.5) is 0 Å². The molecule has 0 amide bonds. The molecule has 7 nitrogen and oxygen atoms in total. The smallest absolute Gasteiger partial charge is 0.228 e. The summed E-state index contributed by atoms with van der Waals surface area (Å²) in [6, 6.07) is 10.3.